The van der Waals surface area contributed by atoms with Crippen molar-refractivity contribution in [2.45, 2.75) is 57.4 Å². The van der Waals surface area contributed by atoms with Crippen molar-refractivity contribution in [3.05, 3.63) is 18.0 Å². The molecule has 1 aliphatic carbocycles. The van der Waals surface area contributed by atoms with E-state index in [9.17, 15) is 9.59 Å². The van der Waals surface area contributed by atoms with Crippen LogP contribution in [0.5, 0.6) is 0 Å². The third kappa shape index (κ3) is 2.92. The summed E-state index contributed by atoms with van der Waals surface area (Å²) < 4.78 is 2.07. The van der Waals surface area contributed by atoms with Crippen molar-refractivity contribution in [1.82, 2.24) is 15.1 Å². The first-order chi connectivity index (χ1) is 9.72. The van der Waals surface area contributed by atoms with Crippen LogP contribution in [0.4, 0.5) is 0 Å². The number of piperidine rings is 1. The Labute approximate surface area is 118 Å². The van der Waals surface area contributed by atoms with Gasteiger partial charge in [0, 0.05) is 25.0 Å². The minimum absolute atomic E-state index is 0.109. The van der Waals surface area contributed by atoms with Gasteiger partial charge in [0.1, 0.15) is 0 Å². The Hall–Kier alpha value is -1.65. The average molecular weight is 275 g/mol. The molecule has 1 saturated heterocycles. The molecule has 2 aliphatic rings. The van der Waals surface area contributed by atoms with Gasteiger partial charge in [0.2, 0.25) is 11.8 Å². The minimum atomic E-state index is -0.154. The summed E-state index contributed by atoms with van der Waals surface area (Å²) in [7, 11) is 0. The SMILES string of the molecule is O=C1CCC(Cc2ccn(C3CCCCC3)n2)C(=O)N1. The van der Waals surface area contributed by atoms with Gasteiger partial charge < -0.3 is 0 Å². The summed E-state index contributed by atoms with van der Waals surface area (Å²) in [5.41, 5.74) is 0.963. The highest BCUT2D eigenvalue weighted by atomic mass is 16.2. The number of carbonyl (C=O) groups excluding carboxylic acids is 2. The Morgan fingerprint density at radius 3 is 2.75 bits per heavy atom. The van der Waals surface area contributed by atoms with E-state index in [-0.39, 0.29) is 17.7 Å². The van der Waals surface area contributed by atoms with E-state index < -0.39 is 0 Å². The van der Waals surface area contributed by atoms with Crippen molar-refractivity contribution in [3.8, 4) is 0 Å². The molecule has 1 aromatic rings. The molecule has 1 N–H and O–H groups in total. The van der Waals surface area contributed by atoms with Crippen LogP contribution >= 0.6 is 0 Å². The monoisotopic (exact) mass is 275 g/mol. The number of nitrogens with zero attached hydrogens (tertiary/aromatic N) is 2. The molecule has 0 aromatic carbocycles. The van der Waals surface area contributed by atoms with Gasteiger partial charge in [0.15, 0.2) is 0 Å². The van der Waals surface area contributed by atoms with Crippen LogP contribution in [0.1, 0.15) is 56.7 Å². The largest absolute Gasteiger partial charge is 0.296 e. The first kappa shape index (κ1) is 13.3. The molecule has 20 heavy (non-hydrogen) atoms. The van der Waals surface area contributed by atoms with Gasteiger partial charge in [-0.25, -0.2) is 0 Å². The molecule has 3 rings (SSSR count). The second-order valence-corrected chi connectivity index (χ2v) is 5.93. The minimum Gasteiger partial charge on any atom is -0.296 e. The summed E-state index contributed by atoms with van der Waals surface area (Å²) in [5.74, 6) is -0.408. The van der Waals surface area contributed by atoms with Crippen molar-refractivity contribution >= 4 is 11.8 Å². The fourth-order valence-electron chi connectivity index (χ4n) is 3.22. The molecule has 2 fully saturated rings. The van der Waals surface area contributed by atoms with Crippen molar-refractivity contribution in [2.24, 2.45) is 5.92 Å². The smallest absolute Gasteiger partial charge is 0.230 e. The molecule has 0 bridgehead atoms. The number of carbonyl (C=O) groups is 2. The first-order valence-electron chi connectivity index (χ1n) is 7.60. The van der Waals surface area contributed by atoms with Crippen molar-refractivity contribution < 1.29 is 9.59 Å². The molecule has 0 radical (unpaired) electrons. The summed E-state index contributed by atoms with van der Waals surface area (Å²) in [5, 5.41) is 7.04. The zero-order valence-corrected chi connectivity index (χ0v) is 11.7. The van der Waals surface area contributed by atoms with E-state index in [2.05, 4.69) is 15.1 Å². The molecule has 1 atom stereocenters. The lowest BCUT2D eigenvalue weighted by Gasteiger charge is -2.22. The first-order valence-corrected chi connectivity index (χ1v) is 7.60. The lowest BCUT2D eigenvalue weighted by molar-refractivity contribution is -0.136. The van der Waals surface area contributed by atoms with Gasteiger partial charge in [-0.2, -0.15) is 5.10 Å². The summed E-state index contributed by atoms with van der Waals surface area (Å²) in [6.45, 7) is 0. The van der Waals surface area contributed by atoms with Gasteiger partial charge in [-0.1, -0.05) is 19.3 Å². The van der Waals surface area contributed by atoms with Crippen LogP contribution in [0.2, 0.25) is 0 Å². The summed E-state index contributed by atoms with van der Waals surface area (Å²) in [4.78, 5) is 22.9. The van der Waals surface area contributed by atoms with Crippen molar-refractivity contribution in [1.29, 1.82) is 0 Å². The molecule has 2 heterocycles. The van der Waals surface area contributed by atoms with Crippen LogP contribution in [0.3, 0.4) is 0 Å². The Balaban J connectivity index is 1.62. The van der Waals surface area contributed by atoms with Crippen LogP contribution in [0.25, 0.3) is 0 Å². The molecular weight excluding hydrogens is 254 g/mol. The van der Waals surface area contributed by atoms with Gasteiger partial charge in [0.05, 0.1) is 11.7 Å². The zero-order chi connectivity index (χ0) is 13.9. The summed E-state index contributed by atoms with van der Waals surface area (Å²) >= 11 is 0. The number of nitrogens with one attached hydrogen (secondary N) is 1. The number of aromatic nitrogens is 2. The molecular formula is C15H21N3O2. The van der Waals surface area contributed by atoms with E-state index in [1.54, 1.807) is 0 Å². The highest BCUT2D eigenvalue weighted by molar-refractivity contribution is 5.98. The van der Waals surface area contributed by atoms with E-state index in [1.165, 1.54) is 32.1 Å². The van der Waals surface area contributed by atoms with Gasteiger partial charge in [0.25, 0.3) is 0 Å². The molecule has 108 valence electrons. The van der Waals surface area contributed by atoms with Gasteiger partial charge in [-0.3, -0.25) is 19.6 Å². The Bertz CT molecular complexity index is 503. The third-order valence-corrected chi connectivity index (χ3v) is 4.42. The molecule has 5 heteroatoms. The second-order valence-electron chi connectivity index (χ2n) is 5.93. The quantitative estimate of drug-likeness (QED) is 0.858. The number of rotatable bonds is 3. The Kier molecular flexibility index (Phi) is 3.85. The fourth-order valence-corrected chi connectivity index (χ4v) is 3.22. The average Bonchev–Trinajstić information content (AvgIpc) is 2.92. The maximum atomic E-state index is 11.8. The van der Waals surface area contributed by atoms with Crippen LogP contribution in [-0.2, 0) is 16.0 Å². The zero-order valence-electron chi connectivity index (χ0n) is 11.7. The standard InChI is InChI=1S/C15H21N3O2/c19-14-7-6-11(15(20)16-14)10-12-8-9-18(17-12)13-4-2-1-3-5-13/h8-9,11,13H,1-7,10H2,(H,16,19,20). The lowest BCUT2D eigenvalue weighted by atomic mass is 9.93. The molecule has 1 saturated carbocycles. The van der Waals surface area contributed by atoms with E-state index in [1.807, 2.05) is 12.3 Å². The topological polar surface area (TPSA) is 64.0 Å². The van der Waals surface area contributed by atoms with E-state index in [0.29, 0.717) is 25.3 Å². The van der Waals surface area contributed by atoms with Crippen molar-refractivity contribution in [3.63, 3.8) is 0 Å². The normalized spacial score (nSPS) is 24.7. The molecule has 0 spiro atoms. The number of amides is 2. The molecule has 1 aliphatic heterocycles. The van der Waals surface area contributed by atoms with Crippen LogP contribution in [0.15, 0.2) is 12.3 Å². The number of imide groups is 1. The maximum absolute atomic E-state index is 11.8. The van der Waals surface area contributed by atoms with Crippen molar-refractivity contribution in [2.75, 3.05) is 0 Å². The number of hydrogen-bond acceptors (Lipinski definition) is 3. The van der Waals surface area contributed by atoms with E-state index >= 15 is 0 Å². The summed E-state index contributed by atoms with van der Waals surface area (Å²) in [6.07, 6.45) is 10.1. The predicted molar refractivity (Wildman–Crippen MR) is 73.9 cm³/mol. The van der Waals surface area contributed by atoms with Crippen LogP contribution < -0.4 is 5.32 Å². The fraction of sp³-hybridized carbons (Fsp3) is 0.667. The van der Waals surface area contributed by atoms with E-state index in [4.69, 9.17) is 0 Å². The molecule has 1 aromatic heterocycles. The summed E-state index contributed by atoms with van der Waals surface area (Å²) in [6, 6.07) is 2.54. The van der Waals surface area contributed by atoms with E-state index in [0.717, 1.165) is 5.69 Å². The van der Waals surface area contributed by atoms with Gasteiger partial charge in [-0.05, 0) is 25.3 Å². The molecule has 2 amide bonds. The predicted octanol–water partition coefficient (Wildman–Crippen LogP) is 1.98. The second kappa shape index (κ2) is 5.77. The Morgan fingerprint density at radius 2 is 2.00 bits per heavy atom. The molecule has 1 unspecified atom stereocenters. The van der Waals surface area contributed by atoms with Crippen LogP contribution in [-0.4, -0.2) is 21.6 Å². The highest BCUT2D eigenvalue weighted by Gasteiger charge is 2.27. The number of hydrogen-bond donors (Lipinski definition) is 1. The van der Waals surface area contributed by atoms with Crippen LogP contribution in [0, 0.1) is 5.92 Å². The maximum Gasteiger partial charge on any atom is 0.230 e. The third-order valence-electron chi connectivity index (χ3n) is 4.42. The lowest BCUT2D eigenvalue weighted by Crippen LogP contribution is -2.41. The van der Waals surface area contributed by atoms with Gasteiger partial charge >= 0.3 is 0 Å². The Morgan fingerprint density at radius 1 is 1.20 bits per heavy atom. The molecule has 5 nitrogen and oxygen atoms in total. The highest BCUT2D eigenvalue weighted by Crippen LogP contribution is 2.27. The van der Waals surface area contributed by atoms with Gasteiger partial charge in [-0.15, -0.1) is 0 Å².